The summed E-state index contributed by atoms with van der Waals surface area (Å²) >= 11 is 0. The zero-order valence-electron chi connectivity index (χ0n) is 9.76. The number of carbonyl (C=O) groups excluding carboxylic acids is 1. The fourth-order valence-electron chi connectivity index (χ4n) is 1.47. The van der Waals surface area contributed by atoms with E-state index in [2.05, 4.69) is 5.92 Å². The molecule has 17 heavy (non-hydrogen) atoms. The van der Waals surface area contributed by atoms with Crippen molar-refractivity contribution in [1.82, 2.24) is 4.90 Å². The van der Waals surface area contributed by atoms with Gasteiger partial charge in [0.25, 0.3) is 0 Å². The van der Waals surface area contributed by atoms with Crippen molar-refractivity contribution < 1.29 is 9.90 Å². The Hall–Kier alpha value is -1.99. The molecular formula is C13H16N2O2. The third-order valence-corrected chi connectivity index (χ3v) is 2.41. The van der Waals surface area contributed by atoms with Crippen LogP contribution in [0.3, 0.4) is 0 Å². The number of amides is 1. The lowest BCUT2D eigenvalue weighted by molar-refractivity contribution is -0.130. The standard InChI is InChI=1S/C13H16N2O2/c1-3-8-15(2)13(17)12(14)9-10-4-6-11(16)7-5-10/h1,4-7,12,16H,8-9,14H2,2H3/t12-/m0/s1. The highest BCUT2D eigenvalue weighted by molar-refractivity contribution is 5.82. The van der Waals surface area contributed by atoms with Gasteiger partial charge >= 0.3 is 0 Å². The number of benzene rings is 1. The second-order valence-electron chi connectivity index (χ2n) is 3.88. The van der Waals surface area contributed by atoms with Gasteiger partial charge in [-0.2, -0.15) is 0 Å². The quantitative estimate of drug-likeness (QED) is 0.736. The molecule has 90 valence electrons. The average molecular weight is 232 g/mol. The van der Waals surface area contributed by atoms with Crippen molar-refractivity contribution in [1.29, 1.82) is 0 Å². The predicted octanol–water partition coefficient (Wildman–Crippen LogP) is 0.354. The summed E-state index contributed by atoms with van der Waals surface area (Å²) in [6, 6.07) is 6.00. The topological polar surface area (TPSA) is 66.6 Å². The monoisotopic (exact) mass is 232 g/mol. The van der Waals surface area contributed by atoms with Gasteiger partial charge < -0.3 is 15.7 Å². The number of hydrogen-bond donors (Lipinski definition) is 2. The van der Waals surface area contributed by atoms with E-state index in [0.29, 0.717) is 6.42 Å². The van der Waals surface area contributed by atoms with E-state index in [-0.39, 0.29) is 18.2 Å². The molecule has 0 radical (unpaired) electrons. The number of aromatic hydroxyl groups is 1. The van der Waals surface area contributed by atoms with Crippen LogP contribution >= 0.6 is 0 Å². The molecule has 1 aromatic rings. The van der Waals surface area contributed by atoms with Crippen LogP contribution in [0.15, 0.2) is 24.3 Å². The number of terminal acetylenes is 1. The molecule has 0 aliphatic heterocycles. The average Bonchev–Trinajstić information content (AvgIpc) is 2.31. The van der Waals surface area contributed by atoms with E-state index in [4.69, 9.17) is 17.3 Å². The van der Waals surface area contributed by atoms with Crippen LogP contribution < -0.4 is 5.73 Å². The zero-order chi connectivity index (χ0) is 12.8. The maximum absolute atomic E-state index is 11.8. The van der Waals surface area contributed by atoms with E-state index < -0.39 is 6.04 Å². The summed E-state index contributed by atoms with van der Waals surface area (Å²) in [5.41, 5.74) is 6.70. The molecule has 0 fully saturated rings. The molecule has 0 saturated carbocycles. The smallest absolute Gasteiger partial charge is 0.240 e. The van der Waals surface area contributed by atoms with Gasteiger partial charge in [0.15, 0.2) is 0 Å². The first-order valence-corrected chi connectivity index (χ1v) is 5.26. The summed E-state index contributed by atoms with van der Waals surface area (Å²) in [5, 5.41) is 9.13. The summed E-state index contributed by atoms with van der Waals surface area (Å²) in [6.07, 6.45) is 5.55. The Bertz CT molecular complexity index is 420. The highest BCUT2D eigenvalue weighted by atomic mass is 16.3. The molecule has 1 rings (SSSR count). The molecule has 0 unspecified atom stereocenters. The number of hydrogen-bond acceptors (Lipinski definition) is 3. The lowest BCUT2D eigenvalue weighted by atomic mass is 10.1. The molecule has 1 amide bonds. The number of likely N-dealkylation sites (N-methyl/N-ethyl adjacent to an activating group) is 1. The predicted molar refractivity (Wildman–Crippen MR) is 66.3 cm³/mol. The molecule has 0 aliphatic rings. The second-order valence-corrected chi connectivity index (χ2v) is 3.88. The van der Waals surface area contributed by atoms with Crippen LogP contribution in [-0.2, 0) is 11.2 Å². The number of carbonyl (C=O) groups is 1. The molecular weight excluding hydrogens is 216 g/mol. The van der Waals surface area contributed by atoms with Gasteiger partial charge in [-0.3, -0.25) is 4.79 Å². The van der Waals surface area contributed by atoms with Crippen molar-refractivity contribution in [3.05, 3.63) is 29.8 Å². The van der Waals surface area contributed by atoms with Crippen molar-refractivity contribution in [3.8, 4) is 18.1 Å². The summed E-state index contributed by atoms with van der Waals surface area (Å²) in [5.74, 6) is 2.40. The van der Waals surface area contributed by atoms with Crippen LogP contribution in [-0.4, -0.2) is 35.5 Å². The third kappa shape index (κ3) is 3.82. The van der Waals surface area contributed by atoms with Gasteiger partial charge in [-0.15, -0.1) is 6.42 Å². The Morgan fingerprint density at radius 1 is 1.53 bits per heavy atom. The first-order chi connectivity index (χ1) is 8.04. The lowest BCUT2D eigenvalue weighted by Gasteiger charge is -2.19. The van der Waals surface area contributed by atoms with Crippen LogP contribution in [0.5, 0.6) is 5.75 Å². The molecule has 0 aliphatic carbocycles. The third-order valence-electron chi connectivity index (χ3n) is 2.41. The van der Waals surface area contributed by atoms with Crippen LogP contribution in [0, 0.1) is 12.3 Å². The van der Waals surface area contributed by atoms with Gasteiger partial charge in [0.05, 0.1) is 12.6 Å². The molecule has 0 bridgehead atoms. The maximum Gasteiger partial charge on any atom is 0.240 e. The van der Waals surface area contributed by atoms with Gasteiger partial charge in [-0.25, -0.2) is 0 Å². The van der Waals surface area contributed by atoms with Crippen LogP contribution in [0.4, 0.5) is 0 Å². The van der Waals surface area contributed by atoms with Gasteiger partial charge in [0.1, 0.15) is 5.75 Å². The lowest BCUT2D eigenvalue weighted by Crippen LogP contribution is -2.43. The van der Waals surface area contributed by atoms with Crippen molar-refractivity contribution in [2.45, 2.75) is 12.5 Å². The highest BCUT2D eigenvalue weighted by Gasteiger charge is 2.17. The Morgan fingerprint density at radius 2 is 2.12 bits per heavy atom. The minimum atomic E-state index is -0.613. The van der Waals surface area contributed by atoms with Crippen LogP contribution in [0.25, 0.3) is 0 Å². The van der Waals surface area contributed by atoms with Gasteiger partial charge in [0.2, 0.25) is 5.91 Å². The van der Waals surface area contributed by atoms with Gasteiger partial charge in [-0.05, 0) is 24.1 Å². The minimum Gasteiger partial charge on any atom is -0.508 e. The van der Waals surface area contributed by atoms with E-state index in [0.717, 1.165) is 5.56 Å². The number of phenols is 1. The molecule has 0 spiro atoms. The number of rotatable bonds is 4. The van der Waals surface area contributed by atoms with Crippen LogP contribution in [0.1, 0.15) is 5.56 Å². The molecule has 0 saturated heterocycles. The van der Waals surface area contributed by atoms with Crippen molar-refractivity contribution in [2.75, 3.05) is 13.6 Å². The summed E-state index contributed by atoms with van der Waals surface area (Å²) in [7, 11) is 1.62. The maximum atomic E-state index is 11.8. The second kappa shape index (κ2) is 5.92. The molecule has 4 heteroatoms. The molecule has 1 atom stereocenters. The Balaban J connectivity index is 2.60. The van der Waals surface area contributed by atoms with Crippen molar-refractivity contribution >= 4 is 5.91 Å². The Morgan fingerprint density at radius 3 is 2.65 bits per heavy atom. The molecule has 3 N–H and O–H groups in total. The van der Waals surface area contributed by atoms with Gasteiger partial charge in [0, 0.05) is 7.05 Å². The fraction of sp³-hybridized carbons (Fsp3) is 0.308. The number of nitrogens with zero attached hydrogens (tertiary/aromatic N) is 1. The Kier molecular flexibility index (Phi) is 4.56. The molecule has 0 heterocycles. The van der Waals surface area contributed by atoms with E-state index in [1.807, 2.05) is 0 Å². The van der Waals surface area contributed by atoms with E-state index >= 15 is 0 Å². The summed E-state index contributed by atoms with van der Waals surface area (Å²) in [4.78, 5) is 13.2. The van der Waals surface area contributed by atoms with Gasteiger partial charge in [-0.1, -0.05) is 18.1 Å². The number of nitrogens with two attached hydrogens (primary N) is 1. The largest absolute Gasteiger partial charge is 0.508 e. The fourth-order valence-corrected chi connectivity index (χ4v) is 1.47. The van der Waals surface area contributed by atoms with E-state index in [1.54, 1.807) is 31.3 Å². The summed E-state index contributed by atoms with van der Waals surface area (Å²) in [6.45, 7) is 0.252. The van der Waals surface area contributed by atoms with E-state index in [9.17, 15) is 4.79 Å². The van der Waals surface area contributed by atoms with Crippen LogP contribution in [0.2, 0.25) is 0 Å². The summed E-state index contributed by atoms with van der Waals surface area (Å²) < 4.78 is 0. The molecule has 4 nitrogen and oxygen atoms in total. The van der Waals surface area contributed by atoms with E-state index in [1.165, 1.54) is 4.90 Å². The zero-order valence-corrected chi connectivity index (χ0v) is 9.76. The first-order valence-electron chi connectivity index (χ1n) is 5.26. The highest BCUT2D eigenvalue weighted by Crippen LogP contribution is 2.11. The molecule has 1 aromatic carbocycles. The van der Waals surface area contributed by atoms with Crippen molar-refractivity contribution in [3.63, 3.8) is 0 Å². The first kappa shape index (κ1) is 13.1. The number of phenolic OH excluding ortho intramolecular Hbond substituents is 1. The SMILES string of the molecule is C#CCN(C)C(=O)[C@@H](N)Cc1ccc(O)cc1. The minimum absolute atomic E-state index is 0.184. The van der Waals surface area contributed by atoms with Crippen molar-refractivity contribution in [2.24, 2.45) is 5.73 Å². The Labute approximate surface area is 101 Å². The normalized spacial score (nSPS) is 11.6. The molecule has 0 aromatic heterocycles.